The fourth-order valence-electron chi connectivity index (χ4n) is 7.91. The molecule has 0 aliphatic heterocycles. The van der Waals surface area contributed by atoms with Crippen molar-refractivity contribution in [3.8, 4) is 0 Å². The molecule has 0 radical (unpaired) electrons. The van der Waals surface area contributed by atoms with Crippen molar-refractivity contribution in [3.05, 3.63) is 0 Å². The predicted molar refractivity (Wildman–Crippen MR) is 120 cm³/mol. The molecule has 0 saturated heterocycles. The molecule has 0 heterocycles. The summed E-state index contributed by atoms with van der Waals surface area (Å²) in [5.41, 5.74) is 0.561. The van der Waals surface area contributed by atoms with Gasteiger partial charge in [0.15, 0.2) is 0 Å². The molecule has 0 aromatic rings. The standard InChI is InChI=1S/C26H44O5/c1-5-6-19-21(13-16-26(4)20(17(2)27)7-8-22(19)26)25(3)14-11-18(12-15-25)31-24(30)10-9-23(28)29/h17-22,27H,5-16H2,1-4H3,(H,28,29)/t17-,18?,19?,20?,21?,22?,25?,26?/m0/s1. The van der Waals surface area contributed by atoms with E-state index in [1.165, 1.54) is 32.1 Å². The summed E-state index contributed by atoms with van der Waals surface area (Å²) in [6, 6.07) is 0. The average Bonchev–Trinajstić information content (AvgIpc) is 3.06. The SMILES string of the molecule is CCCC1C(C2(C)CCC(OC(=O)CCC(=O)O)CC2)CCC2(C)C1CCC2[C@H](C)O. The third-order valence-corrected chi connectivity index (χ3v) is 9.53. The molecular formula is C26H44O5. The van der Waals surface area contributed by atoms with Crippen LogP contribution < -0.4 is 0 Å². The number of aliphatic hydroxyl groups is 1. The van der Waals surface area contributed by atoms with E-state index >= 15 is 0 Å². The first-order chi connectivity index (χ1) is 14.6. The van der Waals surface area contributed by atoms with E-state index in [4.69, 9.17) is 9.84 Å². The van der Waals surface area contributed by atoms with Crippen molar-refractivity contribution in [1.29, 1.82) is 0 Å². The van der Waals surface area contributed by atoms with Gasteiger partial charge in [-0.25, -0.2) is 0 Å². The summed E-state index contributed by atoms with van der Waals surface area (Å²) < 4.78 is 5.59. The molecule has 5 nitrogen and oxygen atoms in total. The average molecular weight is 437 g/mol. The van der Waals surface area contributed by atoms with E-state index in [2.05, 4.69) is 20.8 Å². The highest BCUT2D eigenvalue weighted by Gasteiger charge is 2.57. The zero-order valence-corrected chi connectivity index (χ0v) is 20.1. The van der Waals surface area contributed by atoms with Gasteiger partial charge < -0.3 is 14.9 Å². The Morgan fingerprint density at radius 2 is 1.68 bits per heavy atom. The molecule has 31 heavy (non-hydrogen) atoms. The quantitative estimate of drug-likeness (QED) is 0.485. The molecule has 3 fully saturated rings. The lowest BCUT2D eigenvalue weighted by Gasteiger charge is -2.55. The zero-order valence-electron chi connectivity index (χ0n) is 20.1. The Bertz CT molecular complexity index is 636. The van der Waals surface area contributed by atoms with Crippen molar-refractivity contribution < 1.29 is 24.5 Å². The third kappa shape index (κ3) is 5.12. The second kappa shape index (κ2) is 9.80. The Kier molecular flexibility index (Phi) is 7.76. The smallest absolute Gasteiger partial charge is 0.306 e. The number of rotatable bonds is 8. The Hall–Kier alpha value is -1.10. The van der Waals surface area contributed by atoms with Gasteiger partial charge in [0.2, 0.25) is 0 Å². The van der Waals surface area contributed by atoms with Gasteiger partial charge in [0, 0.05) is 0 Å². The van der Waals surface area contributed by atoms with Crippen LogP contribution in [0, 0.1) is 34.5 Å². The largest absolute Gasteiger partial charge is 0.481 e. The first-order valence-electron chi connectivity index (χ1n) is 12.7. The van der Waals surface area contributed by atoms with Crippen molar-refractivity contribution in [2.75, 3.05) is 0 Å². The van der Waals surface area contributed by atoms with Crippen LogP contribution in [-0.4, -0.2) is 34.4 Å². The lowest BCUT2D eigenvalue weighted by molar-refractivity contribution is -0.155. The molecule has 0 bridgehead atoms. The monoisotopic (exact) mass is 436 g/mol. The molecule has 3 saturated carbocycles. The molecule has 6 atom stereocenters. The van der Waals surface area contributed by atoms with Crippen LogP contribution in [0.4, 0.5) is 0 Å². The summed E-state index contributed by atoms with van der Waals surface area (Å²) in [6.45, 7) is 9.21. The lowest BCUT2D eigenvalue weighted by Crippen LogP contribution is -2.49. The molecule has 5 heteroatoms. The summed E-state index contributed by atoms with van der Waals surface area (Å²) in [4.78, 5) is 22.6. The lowest BCUT2D eigenvalue weighted by atomic mass is 9.50. The molecule has 0 spiro atoms. The molecule has 178 valence electrons. The molecular weight excluding hydrogens is 392 g/mol. The second-order valence-electron chi connectivity index (χ2n) is 11.4. The Balaban J connectivity index is 1.64. The van der Waals surface area contributed by atoms with E-state index < -0.39 is 5.97 Å². The number of aliphatic hydroxyl groups excluding tert-OH is 1. The minimum absolute atomic E-state index is 0.0327. The van der Waals surface area contributed by atoms with E-state index in [1.807, 2.05) is 6.92 Å². The van der Waals surface area contributed by atoms with Crippen molar-refractivity contribution in [1.82, 2.24) is 0 Å². The Morgan fingerprint density at radius 1 is 1.00 bits per heavy atom. The summed E-state index contributed by atoms with van der Waals surface area (Å²) >= 11 is 0. The maximum absolute atomic E-state index is 12.0. The van der Waals surface area contributed by atoms with Crippen molar-refractivity contribution in [2.24, 2.45) is 34.5 Å². The van der Waals surface area contributed by atoms with E-state index in [-0.39, 0.29) is 41.8 Å². The van der Waals surface area contributed by atoms with Crippen molar-refractivity contribution in [3.63, 3.8) is 0 Å². The van der Waals surface area contributed by atoms with Gasteiger partial charge in [-0.2, -0.15) is 0 Å². The number of ether oxygens (including phenoxy) is 1. The molecule has 5 unspecified atom stereocenters. The maximum atomic E-state index is 12.0. The van der Waals surface area contributed by atoms with Gasteiger partial charge in [-0.05, 0) is 92.8 Å². The van der Waals surface area contributed by atoms with Crippen LogP contribution >= 0.6 is 0 Å². The number of carbonyl (C=O) groups is 2. The third-order valence-electron chi connectivity index (χ3n) is 9.53. The van der Waals surface area contributed by atoms with Crippen LogP contribution in [-0.2, 0) is 14.3 Å². The zero-order chi connectivity index (χ0) is 22.8. The minimum Gasteiger partial charge on any atom is -0.481 e. The molecule has 3 aliphatic rings. The Morgan fingerprint density at radius 3 is 2.26 bits per heavy atom. The fraction of sp³-hybridized carbons (Fsp3) is 0.923. The van der Waals surface area contributed by atoms with E-state index in [0.717, 1.165) is 38.0 Å². The van der Waals surface area contributed by atoms with Gasteiger partial charge in [0.1, 0.15) is 6.10 Å². The van der Waals surface area contributed by atoms with Crippen molar-refractivity contribution in [2.45, 2.75) is 117 Å². The number of carboxylic acids is 1. The van der Waals surface area contributed by atoms with Crippen LogP contribution in [0.25, 0.3) is 0 Å². The first kappa shape index (κ1) is 24.5. The highest BCUT2D eigenvalue weighted by molar-refractivity contribution is 5.76. The van der Waals surface area contributed by atoms with Crippen LogP contribution in [0.2, 0.25) is 0 Å². The molecule has 0 aromatic heterocycles. The number of aliphatic carboxylic acids is 1. The molecule has 0 aromatic carbocycles. The highest BCUT2D eigenvalue weighted by atomic mass is 16.5. The summed E-state index contributed by atoms with van der Waals surface area (Å²) in [6.07, 6.45) is 10.9. The minimum atomic E-state index is -0.954. The second-order valence-corrected chi connectivity index (χ2v) is 11.4. The molecule has 3 aliphatic carbocycles. The van der Waals surface area contributed by atoms with Gasteiger partial charge in [0.05, 0.1) is 18.9 Å². The maximum Gasteiger partial charge on any atom is 0.306 e. The molecule has 0 amide bonds. The van der Waals surface area contributed by atoms with Crippen LogP contribution in [0.3, 0.4) is 0 Å². The Labute approximate surface area is 188 Å². The summed E-state index contributed by atoms with van der Waals surface area (Å²) in [5.74, 6) is 1.27. The first-order valence-corrected chi connectivity index (χ1v) is 12.7. The highest BCUT2D eigenvalue weighted by Crippen LogP contribution is 2.64. The van der Waals surface area contributed by atoms with E-state index in [1.54, 1.807) is 0 Å². The summed E-state index contributed by atoms with van der Waals surface area (Å²) in [7, 11) is 0. The number of hydrogen-bond acceptors (Lipinski definition) is 4. The fourth-order valence-corrected chi connectivity index (χ4v) is 7.91. The molecule has 2 N–H and O–H groups in total. The topological polar surface area (TPSA) is 83.8 Å². The number of carbonyl (C=O) groups excluding carboxylic acids is 1. The van der Waals surface area contributed by atoms with Crippen LogP contribution in [0.1, 0.15) is 105 Å². The van der Waals surface area contributed by atoms with Crippen LogP contribution in [0.15, 0.2) is 0 Å². The number of carboxylic acid groups (broad SMARTS) is 1. The van der Waals surface area contributed by atoms with Gasteiger partial charge in [0.25, 0.3) is 0 Å². The number of fused-ring (bicyclic) bond motifs is 1. The van der Waals surface area contributed by atoms with Gasteiger partial charge in [-0.3, -0.25) is 9.59 Å². The summed E-state index contributed by atoms with van der Waals surface area (Å²) in [5, 5.41) is 19.2. The van der Waals surface area contributed by atoms with Crippen LogP contribution in [0.5, 0.6) is 0 Å². The van der Waals surface area contributed by atoms with Gasteiger partial charge in [-0.1, -0.05) is 33.6 Å². The normalized spacial score (nSPS) is 41.4. The number of esters is 1. The number of hydrogen-bond donors (Lipinski definition) is 2. The van der Waals surface area contributed by atoms with E-state index in [0.29, 0.717) is 17.8 Å². The van der Waals surface area contributed by atoms with E-state index in [9.17, 15) is 14.7 Å². The van der Waals surface area contributed by atoms with Gasteiger partial charge in [-0.15, -0.1) is 0 Å². The molecule has 3 rings (SSSR count). The predicted octanol–water partition coefficient (Wildman–Crippen LogP) is 5.58. The van der Waals surface area contributed by atoms with Crippen molar-refractivity contribution >= 4 is 11.9 Å². The van der Waals surface area contributed by atoms with Gasteiger partial charge >= 0.3 is 11.9 Å².